The second-order valence-electron chi connectivity index (χ2n) is 10.9. The molecule has 0 bridgehead atoms. The minimum atomic E-state index is -4.43. The van der Waals surface area contributed by atoms with E-state index in [1.54, 1.807) is 17.7 Å². The van der Waals surface area contributed by atoms with Gasteiger partial charge in [-0.2, -0.15) is 18.4 Å². The van der Waals surface area contributed by atoms with Crippen LogP contribution in [0, 0.1) is 16.7 Å². The van der Waals surface area contributed by atoms with Crippen LogP contribution < -0.4 is 5.69 Å². The van der Waals surface area contributed by atoms with Gasteiger partial charge < -0.3 is 0 Å². The van der Waals surface area contributed by atoms with Crippen LogP contribution in [0.2, 0.25) is 0 Å². The Hall–Kier alpha value is -3.49. The van der Waals surface area contributed by atoms with Crippen molar-refractivity contribution < 1.29 is 13.2 Å². The standard InChI is InChI=1S/C27H27F3N6OS/c1-26(2,3)15-36-21-8-7-19(32-23(21)34(4)25(36)37)18-11-16(5-6-17(18)12-31)13-35-10-9-22-20(14-35)33-24(38-22)27(28,29)30/h5-8,11H,9-10,13-15H2,1-4H3. The first-order valence-electron chi connectivity index (χ1n) is 12.2. The number of hydrogen-bond donors (Lipinski definition) is 0. The second kappa shape index (κ2) is 9.36. The van der Waals surface area contributed by atoms with E-state index in [0.717, 1.165) is 22.4 Å². The Labute approximate surface area is 221 Å². The van der Waals surface area contributed by atoms with Crippen molar-refractivity contribution in [3.63, 3.8) is 0 Å². The van der Waals surface area contributed by atoms with Crippen molar-refractivity contribution >= 4 is 22.5 Å². The zero-order valence-corrected chi connectivity index (χ0v) is 22.4. The lowest BCUT2D eigenvalue weighted by Crippen LogP contribution is -2.29. The second-order valence-corrected chi connectivity index (χ2v) is 12.0. The van der Waals surface area contributed by atoms with Gasteiger partial charge in [0.05, 0.1) is 28.5 Å². The number of aromatic nitrogens is 4. The van der Waals surface area contributed by atoms with Crippen LogP contribution in [-0.4, -0.2) is 30.5 Å². The monoisotopic (exact) mass is 540 g/mol. The number of imidazole rings is 1. The smallest absolute Gasteiger partial charge is 0.293 e. The number of hydrogen-bond acceptors (Lipinski definition) is 6. The number of thiazole rings is 1. The molecule has 0 saturated heterocycles. The average Bonchev–Trinajstić information content (AvgIpc) is 3.38. The molecule has 1 aliphatic heterocycles. The SMILES string of the molecule is Cn1c(=O)n(CC(C)(C)C)c2ccc(-c3cc(CN4CCc5sc(C(F)(F)F)nc5C4)ccc3C#N)nc21. The summed E-state index contributed by atoms with van der Waals surface area (Å²) in [6.07, 6.45) is -3.91. The highest BCUT2D eigenvalue weighted by Gasteiger charge is 2.37. The Morgan fingerprint density at radius 1 is 1.13 bits per heavy atom. The van der Waals surface area contributed by atoms with E-state index in [2.05, 4.69) is 36.7 Å². The number of benzene rings is 1. The number of fused-ring (bicyclic) bond motifs is 2. The van der Waals surface area contributed by atoms with Gasteiger partial charge in [-0.25, -0.2) is 14.8 Å². The van der Waals surface area contributed by atoms with Gasteiger partial charge in [-0.3, -0.25) is 14.0 Å². The largest absolute Gasteiger partial charge is 0.443 e. The molecule has 0 unspecified atom stereocenters. The molecule has 0 spiro atoms. The van der Waals surface area contributed by atoms with Crippen LogP contribution in [0.25, 0.3) is 22.4 Å². The number of nitrogens with zero attached hydrogens (tertiary/aromatic N) is 6. The van der Waals surface area contributed by atoms with Crippen molar-refractivity contribution in [3.05, 3.63) is 67.5 Å². The third kappa shape index (κ3) is 4.98. The number of aryl methyl sites for hydroxylation is 1. The normalized spacial score (nSPS) is 14.6. The van der Waals surface area contributed by atoms with E-state index in [0.29, 0.717) is 65.6 Å². The molecule has 4 aromatic rings. The van der Waals surface area contributed by atoms with Crippen molar-refractivity contribution in [2.75, 3.05) is 6.54 Å². The summed E-state index contributed by atoms with van der Waals surface area (Å²) in [6, 6.07) is 11.4. The number of rotatable bonds is 4. The van der Waals surface area contributed by atoms with Crippen LogP contribution >= 0.6 is 11.3 Å². The molecule has 0 fully saturated rings. The molecule has 0 saturated carbocycles. The molecule has 0 amide bonds. The average molecular weight is 541 g/mol. The maximum absolute atomic E-state index is 13.1. The summed E-state index contributed by atoms with van der Waals surface area (Å²) in [5.41, 5.74) is 4.11. The molecule has 3 aromatic heterocycles. The van der Waals surface area contributed by atoms with Gasteiger partial charge in [0, 0.05) is 43.7 Å². The molecule has 7 nitrogen and oxygen atoms in total. The van der Waals surface area contributed by atoms with E-state index in [9.17, 15) is 23.2 Å². The summed E-state index contributed by atoms with van der Waals surface area (Å²) < 4.78 is 42.5. The fraction of sp³-hybridized carbons (Fsp3) is 0.407. The minimum Gasteiger partial charge on any atom is -0.293 e. The Morgan fingerprint density at radius 3 is 2.58 bits per heavy atom. The van der Waals surface area contributed by atoms with Crippen LogP contribution in [0.3, 0.4) is 0 Å². The van der Waals surface area contributed by atoms with Gasteiger partial charge in [0.15, 0.2) is 10.7 Å². The molecule has 1 aromatic carbocycles. The first kappa shape index (κ1) is 26.1. The first-order chi connectivity index (χ1) is 17.8. The number of halogens is 3. The lowest BCUT2D eigenvalue weighted by Gasteiger charge is -2.26. The van der Waals surface area contributed by atoms with Crippen LogP contribution in [0.5, 0.6) is 0 Å². The van der Waals surface area contributed by atoms with Gasteiger partial charge in [0.25, 0.3) is 0 Å². The Balaban J connectivity index is 1.45. The van der Waals surface area contributed by atoms with Crippen molar-refractivity contribution in [2.45, 2.75) is 53.0 Å². The number of nitriles is 1. The highest BCUT2D eigenvalue weighted by molar-refractivity contribution is 7.11. The van der Waals surface area contributed by atoms with E-state index in [1.807, 2.05) is 24.3 Å². The third-order valence-electron chi connectivity index (χ3n) is 6.55. The Kier molecular flexibility index (Phi) is 6.44. The van der Waals surface area contributed by atoms with Crippen LogP contribution in [-0.2, 0) is 39.3 Å². The summed E-state index contributed by atoms with van der Waals surface area (Å²) in [4.78, 5) is 24.3. The van der Waals surface area contributed by atoms with Gasteiger partial charge in [-0.1, -0.05) is 26.8 Å². The minimum absolute atomic E-state index is 0.0961. The topological polar surface area (TPSA) is 79.7 Å². The van der Waals surface area contributed by atoms with Crippen molar-refractivity contribution in [1.29, 1.82) is 5.26 Å². The molecular weight excluding hydrogens is 513 g/mol. The molecule has 0 atom stereocenters. The quantitative estimate of drug-likeness (QED) is 0.349. The number of pyridine rings is 1. The molecule has 0 radical (unpaired) electrons. The molecule has 4 heterocycles. The summed E-state index contributed by atoms with van der Waals surface area (Å²) in [7, 11) is 1.69. The fourth-order valence-corrected chi connectivity index (χ4v) is 5.74. The van der Waals surface area contributed by atoms with E-state index >= 15 is 0 Å². The van der Waals surface area contributed by atoms with Crippen LogP contribution in [0.4, 0.5) is 13.2 Å². The predicted molar refractivity (Wildman–Crippen MR) is 140 cm³/mol. The maximum Gasteiger partial charge on any atom is 0.443 e. The van der Waals surface area contributed by atoms with Crippen LogP contribution in [0.15, 0.2) is 35.1 Å². The Morgan fingerprint density at radius 2 is 1.89 bits per heavy atom. The molecule has 1 aliphatic rings. The van der Waals surface area contributed by atoms with Crippen LogP contribution in [0.1, 0.15) is 47.5 Å². The molecule has 0 aliphatic carbocycles. The van der Waals surface area contributed by atoms with Crippen molar-refractivity contribution in [3.8, 4) is 17.3 Å². The Bertz CT molecular complexity index is 1630. The zero-order valence-electron chi connectivity index (χ0n) is 21.6. The van der Waals surface area contributed by atoms with E-state index in [4.69, 9.17) is 4.98 Å². The van der Waals surface area contributed by atoms with Crippen molar-refractivity contribution in [2.24, 2.45) is 12.5 Å². The molecule has 198 valence electrons. The summed E-state index contributed by atoms with van der Waals surface area (Å²) in [5, 5.41) is 8.97. The zero-order chi connectivity index (χ0) is 27.4. The third-order valence-corrected chi connectivity index (χ3v) is 7.75. The van der Waals surface area contributed by atoms with Gasteiger partial charge in [-0.15, -0.1) is 11.3 Å². The molecular formula is C27H27F3N6OS. The summed E-state index contributed by atoms with van der Waals surface area (Å²) >= 11 is 0.730. The summed E-state index contributed by atoms with van der Waals surface area (Å²) in [6.45, 7) is 8.21. The van der Waals surface area contributed by atoms with Crippen molar-refractivity contribution in [1.82, 2.24) is 24.0 Å². The summed E-state index contributed by atoms with van der Waals surface area (Å²) in [5.74, 6) is 0. The lowest BCUT2D eigenvalue weighted by atomic mass is 9.97. The molecule has 5 rings (SSSR count). The van der Waals surface area contributed by atoms with Gasteiger partial charge in [-0.05, 0) is 41.7 Å². The van der Waals surface area contributed by atoms with Gasteiger partial charge in [0.2, 0.25) is 0 Å². The molecule has 0 N–H and O–H groups in total. The molecule has 38 heavy (non-hydrogen) atoms. The highest BCUT2D eigenvalue weighted by Crippen LogP contribution is 2.36. The number of alkyl halides is 3. The van der Waals surface area contributed by atoms with Gasteiger partial charge >= 0.3 is 11.9 Å². The highest BCUT2D eigenvalue weighted by atomic mass is 32.1. The van der Waals surface area contributed by atoms with Gasteiger partial charge in [0.1, 0.15) is 0 Å². The first-order valence-corrected chi connectivity index (χ1v) is 13.0. The fourth-order valence-electron chi connectivity index (χ4n) is 4.82. The van der Waals surface area contributed by atoms with E-state index in [1.165, 1.54) is 4.57 Å². The van der Waals surface area contributed by atoms with E-state index < -0.39 is 11.2 Å². The predicted octanol–water partition coefficient (Wildman–Crippen LogP) is 5.35. The lowest BCUT2D eigenvalue weighted by molar-refractivity contribution is -0.137. The molecule has 11 heteroatoms. The van der Waals surface area contributed by atoms with E-state index in [-0.39, 0.29) is 11.1 Å². The maximum atomic E-state index is 13.1.